The second-order valence-corrected chi connectivity index (χ2v) is 4.06. The Labute approximate surface area is 97.0 Å². The van der Waals surface area contributed by atoms with Crippen molar-refractivity contribution >= 4 is 18.3 Å². The largest absolute Gasteiger partial charge is 0.380 e. The van der Waals surface area contributed by atoms with E-state index >= 15 is 0 Å². The average molecular weight is 235 g/mol. The zero-order valence-corrected chi connectivity index (χ0v) is 9.96. The molecule has 1 unspecified atom stereocenters. The van der Waals surface area contributed by atoms with Gasteiger partial charge in [0.25, 0.3) is 0 Å². The van der Waals surface area contributed by atoms with Crippen LogP contribution in [0.1, 0.15) is 13.3 Å². The van der Waals surface area contributed by atoms with Gasteiger partial charge in [0.05, 0.1) is 6.61 Å². The van der Waals surface area contributed by atoms with Crippen LogP contribution in [0.3, 0.4) is 0 Å². The Morgan fingerprint density at radius 1 is 1.27 bits per heavy atom. The molecular formula is C10H19ClN2O2. The van der Waals surface area contributed by atoms with Gasteiger partial charge in [-0.1, -0.05) is 0 Å². The van der Waals surface area contributed by atoms with Crippen molar-refractivity contribution < 1.29 is 9.53 Å². The third-order valence-corrected chi connectivity index (χ3v) is 3.18. The van der Waals surface area contributed by atoms with Crippen LogP contribution in [0.2, 0.25) is 0 Å². The molecule has 0 bridgehead atoms. The van der Waals surface area contributed by atoms with Crippen molar-refractivity contribution in [2.75, 3.05) is 39.4 Å². The van der Waals surface area contributed by atoms with Gasteiger partial charge >= 0.3 is 0 Å². The lowest BCUT2D eigenvalue weighted by atomic mass is 10.2. The number of carbonyl (C=O) groups is 1. The van der Waals surface area contributed by atoms with Gasteiger partial charge in [0, 0.05) is 45.8 Å². The predicted molar refractivity (Wildman–Crippen MR) is 60.3 cm³/mol. The minimum absolute atomic E-state index is 0. The Hall–Kier alpha value is -0.320. The van der Waals surface area contributed by atoms with E-state index in [0.717, 1.165) is 45.8 Å². The smallest absolute Gasteiger partial charge is 0.219 e. The molecule has 2 aliphatic rings. The van der Waals surface area contributed by atoms with Gasteiger partial charge in [-0.3, -0.25) is 9.69 Å². The number of halogens is 1. The molecular weight excluding hydrogens is 216 g/mol. The molecule has 0 aromatic heterocycles. The minimum atomic E-state index is 0. The Kier molecular flexibility index (Phi) is 4.83. The van der Waals surface area contributed by atoms with Gasteiger partial charge in [-0.2, -0.15) is 0 Å². The molecule has 15 heavy (non-hydrogen) atoms. The number of rotatable bonds is 1. The molecule has 0 N–H and O–H groups in total. The van der Waals surface area contributed by atoms with Crippen molar-refractivity contribution in [2.24, 2.45) is 0 Å². The Morgan fingerprint density at radius 2 is 1.93 bits per heavy atom. The second kappa shape index (κ2) is 5.68. The van der Waals surface area contributed by atoms with E-state index < -0.39 is 0 Å². The lowest BCUT2D eigenvalue weighted by Gasteiger charge is -2.37. The van der Waals surface area contributed by atoms with E-state index in [1.54, 1.807) is 6.92 Å². The van der Waals surface area contributed by atoms with E-state index in [4.69, 9.17) is 4.74 Å². The van der Waals surface area contributed by atoms with Crippen LogP contribution < -0.4 is 0 Å². The molecule has 2 saturated heterocycles. The summed E-state index contributed by atoms with van der Waals surface area (Å²) in [6.45, 7) is 7.20. The minimum Gasteiger partial charge on any atom is -0.380 e. The highest BCUT2D eigenvalue weighted by molar-refractivity contribution is 5.85. The molecule has 0 aromatic rings. The fourth-order valence-electron chi connectivity index (χ4n) is 2.21. The number of ether oxygens (including phenoxy) is 1. The number of nitrogens with zero attached hydrogens (tertiary/aromatic N) is 2. The summed E-state index contributed by atoms with van der Waals surface area (Å²) in [6.07, 6.45) is 1.15. The van der Waals surface area contributed by atoms with Gasteiger partial charge in [-0.05, 0) is 6.42 Å². The van der Waals surface area contributed by atoms with Crippen molar-refractivity contribution in [3.8, 4) is 0 Å². The number of piperazine rings is 1. The predicted octanol–water partition coefficient (Wildman–Crippen LogP) is 0.361. The first-order valence-electron chi connectivity index (χ1n) is 5.34. The van der Waals surface area contributed by atoms with Gasteiger partial charge in [-0.15, -0.1) is 12.4 Å². The maximum atomic E-state index is 11.1. The molecule has 2 heterocycles. The highest BCUT2D eigenvalue weighted by Crippen LogP contribution is 2.14. The van der Waals surface area contributed by atoms with Gasteiger partial charge in [-0.25, -0.2) is 0 Å². The molecule has 88 valence electrons. The zero-order valence-electron chi connectivity index (χ0n) is 9.15. The maximum Gasteiger partial charge on any atom is 0.219 e. The molecule has 5 heteroatoms. The van der Waals surface area contributed by atoms with Gasteiger partial charge in [0.15, 0.2) is 0 Å². The lowest BCUT2D eigenvalue weighted by molar-refractivity contribution is -0.130. The molecule has 0 spiro atoms. The Morgan fingerprint density at radius 3 is 2.40 bits per heavy atom. The molecule has 0 aromatic carbocycles. The van der Waals surface area contributed by atoms with Crippen LogP contribution in [-0.4, -0.2) is 61.1 Å². The number of amides is 1. The van der Waals surface area contributed by atoms with Crippen LogP contribution in [0.5, 0.6) is 0 Å². The molecule has 1 amide bonds. The molecule has 1 atom stereocenters. The first-order valence-corrected chi connectivity index (χ1v) is 5.34. The summed E-state index contributed by atoms with van der Waals surface area (Å²) in [7, 11) is 0. The third kappa shape index (κ3) is 3.06. The molecule has 2 rings (SSSR count). The summed E-state index contributed by atoms with van der Waals surface area (Å²) in [5.41, 5.74) is 0. The van der Waals surface area contributed by atoms with E-state index in [2.05, 4.69) is 4.90 Å². The normalized spacial score (nSPS) is 27.5. The molecule has 2 aliphatic heterocycles. The zero-order chi connectivity index (χ0) is 9.97. The summed E-state index contributed by atoms with van der Waals surface area (Å²) in [5, 5.41) is 0. The van der Waals surface area contributed by atoms with Crippen molar-refractivity contribution in [3.63, 3.8) is 0 Å². The lowest BCUT2D eigenvalue weighted by Crippen LogP contribution is -2.51. The van der Waals surface area contributed by atoms with Crippen molar-refractivity contribution in [3.05, 3.63) is 0 Å². The topological polar surface area (TPSA) is 32.8 Å². The first-order chi connectivity index (χ1) is 6.77. The van der Waals surface area contributed by atoms with E-state index in [9.17, 15) is 4.79 Å². The fraction of sp³-hybridized carbons (Fsp3) is 0.900. The highest BCUT2D eigenvalue weighted by Gasteiger charge is 2.27. The van der Waals surface area contributed by atoms with E-state index in [0.29, 0.717) is 6.04 Å². The van der Waals surface area contributed by atoms with Crippen LogP contribution in [0.4, 0.5) is 0 Å². The number of carbonyl (C=O) groups excluding carboxylic acids is 1. The van der Waals surface area contributed by atoms with Crippen molar-refractivity contribution in [2.45, 2.75) is 19.4 Å². The van der Waals surface area contributed by atoms with Crippen molar-refractivity contribution in [1.82, 2.24) is 9.80 Å². The standard InChI is InChI=1S/C10H18N2O2.ClH/c1-9(13)11-3-5-12(6-4-11)10-2-7-14-8-10;/h10H,2-8H2,1H3;1H. The van der Waals surface area contributed by atoms with Gasteiger partial charge in [0.2, 0.25) is 5.91 Å². The third-order valence-electron chi connectivity index (χ3n) is 3.18. The SMILES string of the molecule is CC(=O)N1CCN(C2CCOC2)CC1.Cl. The summed E-state index contributed by atoms with van der Waals surface area (Å²) in [6, 6.07) is 0.601. The van der Waals surface area contributed by atoms with Crippen LogP contribution >= 0.6 is 12.4 Å². The monoisotopic (exact) mass is 234 g/mol. The van der Waals surface area contributed by atoms with E-state index in [1.807, 2.05) is 4.90 Å². The van der Waals surface area contributed by atoms with Gasteiger partial charge in [0.1, 0.15) is 0 Å². The fourth-order valence-corrected chi connectivity index (χ4v) is 2.21. The Balaban J connectivity index is 0.00000112. The van der Waals surface area contributed by atoms with E-state index in [1.165, 1.54) is 0 Å². The maximum absolute atomic E-state index is 11.1. The summed E-state index contributed by atoms with van der Waals surface area (Å²) in [5.74, 6) is 0.201. The van der Waals surface area contributed by atoms with Crippen LogP contribution in [-0.2, 0) is 9.53 Å². The van der Waals surface area contributed by atoms with Crippen LogP contribution in [0.15, 0.2) is 0 Å². The molecule has 4 nitrogen and oxygen atoms in total. The van der Waals surface area contributed by atoms with Gasteiger partial charge < -0.3 is 9.64 Å². The average Bonchev–Trinajstić information content (AvgIpc) is 2.71. The van der Waals surface area contributed by atoms with Crippen molar-refractivity contribution in [1.29, 1.82) is 0 Å². The van der Waals surface area contributed by atoms with E-state index in [-0.39, 0.29) is 18.3 Å². The number of hydrogen-bond acceptors (Lipinski definition) is 3. The quantitative estimate of drug-likeness (QED) is 0.657. The second-order valence-electron chi connectivity index (χ2n) is 4.06. The van der Waals surface area contributed by atoms with Crippen LogP contribution in [0, 0.1) is 0 Å². The molecule has 0 radical (unpaired) electrons. The summed E-state index contributed by atoms with van der Waals surface area (Å²) < 4.78 is 5.36. The highest BCUT2D eigenvalue weighted by atomic mass is 35.5. The molecule has 2 fully saturated rings. The number of hydrogen-bond donors (Lipinski definition) is 0. The first kappa shape index (κ1) is 12.7. The summed E-state index contributed by atoms with van der Waals surface area (Å²) >= 11 is 0. The molecule has 0 saturated carbocycles. The summed E-state index contributed by atoms with van der Waals surface area (Å²) in [4.78, 5) is 15.5. The molecule has 0 aliphatic carbocycles. The van der Waals surface area contributed by atoms with Crippen LogP contribution in [0.25, 0.3) is 0 Å². The Bertz CT molecular complexity index is 211.